The molecular formula is C28H32N4O3. The Morgan fingerprint density at radius 2 is 1.74 bits per heavy atom. The number of likely N-dealkylation sites (tertiary alicyclic amines) is 1. The summed E-state index contributed by atoms with van der Waals surface area (Å²) >= 11 is 0. The van der Waals surface area contributed by atoms with E-state index in [9.17, 15) is 9.59 Å². The summed E-state index contributed by atoms with van der Waals surface area (Å²) in [6.45, 7) is 5.84. The Morgan fingerprint density at radius 3 is 2.40 bits per heavy atom. The van der Waals surface area contributed by atoms with Gasteiger partial charge in [0, 0.05) is 38.4 Å². The van der Waals surface area contributed by atoms with Crippen molar-refractivity contribution in [1.82, 2.24) is 14.9 Å². The topological polar surface area (TPSA) is 75.6 Å². The molecule has 1 saturated heterocycles. The highest BCUT2D eigenvalue weighted by atomic mass is 16.5. The lowest BCUT2D eigenvalue weighted by Crippen LogP contribution is -2.41. The normalized spacial score (nSPS) is 14.0. The van der Waals surface area contributed by atoms with E-state index in [0.29, 0.717) is 56.3 Å². The van der Waals surface area contributed by atoms with Crippen molar-refractivity contribution in [1.29, 1.82) is 0 Å². The number of piperidine rings is 1. The fraction of sp³-hybridized carbons (Fsp3) is 0.357. The molecule has 0 radical (unpaired) electrons. The van der Waals surface area contributed by atoms with Crippen molar-refractivity contribution in [3.8, 4) is 11.4 Å². The molecule has 35 heavy (non-hydrogen) atoms. The summed E-state index contributed by atoms with van der Waals surface area (Å²) in [5.41, 5.74) is 3.65. The van der Waals surface area contributed by atoms with Crippen LogP contribution in [0, 0.1) is 12.8 Å². The summed E-state index contributed by atoms with van der Waals surface area (Å²) in [4.78, 5) is 38.9. The maximum absolute atomic E-state index is 13.6. The lowest BCUT2D eigenvalue weighted by atomic mass is 9.96. The van der Waals surface area contributed by atoms with Crippen LogP contribution in [0.15, 0.2) is 60.8 Å². The van der Waals surface area contributed by atoms with Crippen LogP contribution in [0.4, 0.5) is 5.82 Å². The first-order valence-electron chi connectivity index (χ1n) is 12.1. The van der Waals surface area contributed by atoms with Crippen molar-refractivity contribution in [2.24, 2.45) is 5.92 Å². The van der Waals surface area contributed by atoms with Crippen LogP contribution in [0.1, 0.15) is 41.3 Å². The zero-order chi connectivity index (χ0) is 24.8. The number of ether oxygens (including phenoxy) is 1. The molecule has 0 atom stereocenters. The van der Waals surface area contributed by atoms with Gasteiger partial charge in [0.1, 0.15) is 11.4 Å². The number of aryl methyl sites for hydroxylation is 1. The number of carbonyl (C=O) groups is 2. The van der Waals surface area contributed by atoms with E-state index in [-0.39, 0.29) is 17.8 Å². The molecule has 1 aliphatic rings. The van der Waals surface area contributed by atoms with Crippen LogP contribution in [0.3, 0.4) is 0 Å². The summed E-state index contributed by atoms with van der Waals surface area (Å²) in [6, 6.07) is 18.1. The molecule has 2 heterocycles. The van der Waals surface area contributed by atoms with Gasteiger partial charge in [-0.2, -0.15) is 0 Å². The van der Waals surface area contributed by atoms with Crippen molar-refractivity contribution >= 4 is 17.7 Å². The smallest absolute Gasteiger partial charge is 0.309 e. The number of benzene rings is 2. The third-order valence-corrected chi connectivity index (χ3v) is 6.34. The van der Waals surface area contributed by atoms with Crippen molar-refractivity contribution in [2.75, 3.05) is 31.6 Å². The number of hydrogen-bond donors (Lipinski definition) is 0. The molecule has 7 nitrogen and oxygen atoms in total. The highest BCUT2D eigenvalue weighted by molar-refractivity contribution is 5.99. The summed E-state index contributed by atoms with van der Waals surface area (Å²) in [6.07, 6.45) is 2.84. The van der Waals surface area contributed by atoms with Gasteiger partial charge in [-0.25, -0.2) is 9.97 Å². The first-order chi connectivity index (χ1) is 17.0. The van der Waals surface area contributed by atoms with Crippen LogP contribution >= 0.6 is 0 Å². The minimum Gasteiger partial charge on any atom is -0.466 e. The minimum absolute atomic E-state index is 0.113. The lowest BCUT2D eigenvalue weighted by Gasteiger charge is -2.32. The maximum atomic E-state index is 13.6. The minimum atomic E-state index is -0.173. The van der Waals surface area contributed by atoms with Gasteiger partial charge in [0.2, 0.25) is 0 Å². The molecular weight excluding hydrogens is 440 g/mol. The Bertz CT molecular complexity index is 1160. The van der Waals surface area contributed by atoms with Crippen molar-refractivity contribution in [3.63, 3.8) is 0 Å². The number of rotatable bonds is 7. The molecule has 0 saturated carbocycles. The number of amides is 1. The molecule has 4 rings (SSSR count). The van der Waals surface area contributed by atoms with Crippen LogP contribution < -0.4 is 4.90 Å². The Kier molecular flexibility index (Phi) is 7.75. The van der Waals surface area contributed by atoms with Gasteiger partial charge in [0.25, 0.3) is 5.91 Å². The summed E-state index contributed by atoms with van der Waals surface area (Å²) in [5.74, 6) is 0.736. The third kappa shape index (κ3) is 5.85. The predicted octanol–water partition coefficient (Wildman–Crippen LogP) is 4.50. The Hall–Kier alpha value is -3.74. The first-order valence-corrected chi connectivity index (χ1v) is 12.1. The Morgan fingerprint density at radius 1 is 1.06 bits per heavy atom. The molecule has 1 fully saturated rings. The van der Waals surface area contributed by atoms with E-state index in [1.165, 1.54) is 0 Å². The number of nitrogens with zero attached hydrogens (tertiary/aromatic N) is 4. The summed E-state index contributed by atoms with van der Waals surface area (Å²) < 4.78 is 5.16. The average Bonchev–Trinajstić information content (AvgIpc) is 2.89. The highest BCUT2D eigenvalue weighted by Crippen LogP contribution is 2.27. The van der Waals surface area contributed by atoms with Crippen LogP contribution in [0.2, 0.25) is 0 Å². The average molecular weight is 473 g/mol. The number of hydrogen-bond acceptors (Lipinski definition) is 6. The van der Waals surface area contributed by atoms with E-state index in [2.05, 4.69) is 17.1 Å². The first kappa shape index (κ1) is 24.4. The maximum Gasteiger partial charge on any atom is 0.309 e. The molecule has 1 aliphatic heterocycles. The van der Waals surface area contributed by atoms with E-state index in [1.54, 1.807) is 11.1 Å². The van der Waals surface area contributed by atoms with Gasteiger partial charge < -0.3 is 14.5 Å². The van der Waals surface area contributed by atoms with E-state index in [4.69, 9.17) is 9.72 Å². The van der Waals surface area contributed by atoms with Gasteiger partial charge >= 0.3 is 5.97 Å². The molecule has 2 aromatic carbocycles. The molecule has 0 aliphatic carbocycles. The van der Waals surface area contributed by atoms with E-state index in [0.717, 1.165) is 16.7 Å². The van der Waals surface area contributed by atoms with Gasteiger partial charge in [-0.05, 0) is 32.3 Å². The van der Waals surface area contributed by atoms with Gasteiger partial charge in [0.05, 0.1) is 12.5 Å². The van der Waals surface area contributed by atoms with Crippen molar-refractivity contribution in [2.45, 2.75) is 33.2 Å². The van der Waals surface area contributed by atoms with Gasteiger partial charge in [-0.3, -0.25) is 9.59 Å². The number of esters is 1. The quantitative estimate of drug-likeness (QED) is 0.471. The molecule has 7 heteroatoms. The lowest BCUT2D eigenvalue weighted by molar-refractivity contribution is -0.149. The van der Waals surface area contributed by atoms with Crippen molar-refractivity contribution < 1.29 is 14.3 Å². The largest absolute Gasteiger partial charge is 0.466 e. The monoisotopic (exact) mass is 472 g/mol. The zero-order valence-corrected chi connectivity index (χ0v) is 20.6. The number of carbonyl (C=O) groups excluding carboxylic acids is 2. The fourth-order valence-electron chi connectivity index (χ4n) is 4.34. The van der Waals surface area contributed by atoms with E-state index >= 15 is 0 Å². The van der Waals surface area contributed by atoms with Crippen LogP contribution in [0.5, 0.6) is 0 Å². The molecule has 0 spiro atoms. The Labute approximate surface area is 206 Å². The Balaban J connectivity index is 1.60. The number of anilines is 1. The standard InChI is InChI=1S/C28H32N4O3/c1-4-35-28(34)23-14-16-32(17-15-23)27(33)24-18-29-25(22-12-10-20(2)11-13-22)30-26(24)31(3)19-21-8-6-5-7-9-21/h5-13,18,23H,4,14-17,19H2,1-3H3. The van der Waals surface area contributed by atoms with E-state index < -0.39 is 0 Å². The molecule has 0 unspecified atom stereocenters. The highest BCUT2D eigenvalue weighted by Gasteiger charge is 2.30. The second-order valence-electron chi connectivity index (χ2n) is 8.96. The van der Waals surface area contributed by atoms with Gasteiger partial charge in [-0.1, -0.05) is 60.2 Å². The van der Waals surface area contributed by atoms with Gasteiger partial charge in [-0.15, -0.1) is 0 Å². The second kappa shape index (κ2) is 11.1. The van der Waals surface area contributed by atoms with Crippen molar-refractivity contribution in [3.05, 3.63) is 77.5 Å². The van der Waals surface area contributed by atoms with Crippen LogP contribution in [0.25, 0.3) is 11.4 Å². The SMILES string of the molecule is CCOC(=O)C1CCN(C(=O)c2cnc(-c3ccc(C)cc3)nc2N(C)Cc2ccccc2)CC1. The zero-order valence-electron chi connectivity index (χ0n) is 20.6. The summed E-state index contributed by atoms with van der Waals surface area (Å²) in [5, 5.41) is 0. The molecule has 3 aromatic rings. The molecule has 1 amide bonds. The van der Waals surface area contributed by atoms with E-state index in [1.807, 2.05) is 68.3 Å². The predicted molar refractivity (Wildman–Crippen MR) is 136 cm³/mol. The van der Waals surface area contributed by atoms with Gasteiger partial charge in [0.15, 0.2) is 5.82 Å². The number of aromatic nitrogens is 2. The molecule has 1 aromatic heterocycles. The summed E-state index contributed by atoms with van der Waals surface area (Å²) in [7, 11) is 1.94. The third-order valence-electron chi connectivity index (χ3n) is 6.34. The molecule has 0 N–H and O–H groups in total. The van der Waals surface area contributed by atoms with Crippen LogP contribution in [-0.4, -0.2) is 53.5 Å². The van der Waals surface area contributed by atoms with Crippen LogP contribution in [-0.2, 0) is 16.1 Å². The fourth-order valence-corrected chi connectivity index (χ4v) is 4.34. The second-order valence-corrected chi connectivity index (χ2v) is 8.96. The molecule has 0 bridgehead atoms. The molecule has 182 valence electrons.